The molecule has 1 heterocycles. The molecule has 8 heteroatoms. The zero-order valence-corrected chi connectivity index (χ0v) is 16.6. The highest BCUT2D eigenvalue weighted by atomic mass is 32.2. The molecule has 0 saturated carbocycles. The van der Waals surface area contributed by atoms with Gasteiger partial charge in [0.2, 0.25) is 0 Å². The van der Waals surface area contributed by atoms with Gasteiger partial charge in [0.1, 0.15) is 11.3 Å². The van der Waals surface area contributed by atoms with Gasteiger partial charge in [-0.1, -0.05) is 0 Å². The van der Waals surface area contributed by atoms with Crippen LogP contribution in [0, 0.1) is 6.92 Å². The van der Waals surface area contributed by atoms with Gasteiger partial charge in [0, 0.05) is 11.3 Å². The van der Waals surface area contributed by atoms with Crippen LogP contribution in [-0.2, 0) is 22.4 Å². The quantitative estimate of drug-likeness (QED) is 0.685. The average molecular weight is 404 g/mol. The molecule has 3 rings (SSSR count). The van der Waals surface area contributed by atoms with E-state index >= 15 is 0 Å². The molecular formula is C20H22NO6S-. The first kappa shape index (κ1) is 20.3. The van der Waals surface area contributed by atoms with Crippen molar-refractivity contribution in [2.45, 2.75) is 38.6 Å². The summed E-state index contributed by atoms with van der Waals surface area (Å²) in [5.74, 6) is -1.22. The van der Waals surface area contributed by atoms with E-state index in [2.05, 4.69) is 5.32 Å². The number of carboxylic acid groups (broad SMARTS) is 1. The van der Waals surface area contributed by atoms with E-state index in [0.717, 1.165) is 30.4 Å². The molecule has 1 atom stereocenters. The van der Waals surface area contributed by atoms with Crippen molar-refractivity contribution in [3.05, 3.63) is 39.2 Å². The summed E-state index contributed by atoms with van der Waals surface area (Å²) >= 11 is 1.30. The van der Waals surface area contributed by atoms with E-state index in [0.29, 0.717) is 28.7 Å². The molecule has 0 aliphatic heterocycles. The molecule has 0 spiro atoms. The summed E-state index contributed by atoms with van der Waals surface area (Å²) in [5.41, 5.74) is 2.55. The molecule has 2 aromatic rings. The van der Waals surface area contributed by atoms with E-state index in [9.17, 15) is 19.5 Å². The van der Waals surface area contributed by atoms with Crippen LogP contribution in [-0.4, -0.2) is 36.5 Å². The lowest BCUT2D eigenvalue weighted by molar-refractivity contribution is -0.307. The van der Waals surface area contributed by atoms with Gasteiger partial charge < -0.3 is 24.4 Å². The number of ether oxygens (including phenoxy) is 1. The first-order chi connectivity index (χ1) is 13.4. The van der Waals surface area contributed by atoms with Crippen LogP contribution in [0.3, 0.4) is 0 Å². The number of hydrogen-bond donors (Lipinski definition) is 1. The van der Waals surface area contributed by atoms with Gasteiger partial charge >= 0.3 is 5.63 Å². The van der Waals surface area contributed by atoms with E-state index in [-0.39, 0.29) is 18.0 Å². The van der Waals surface area contributed by atoms with Crippen LogP contribution in [0.1, 0.15) is 29.5 Å². The number of hydrogen-bond acceptors (Lipinski definition) is 7. The molecule has 0 saturated heterocycles. The molecule has 1 aromatic carbocycles. The fraction of sp³-hybridized carbons (Fsp3) is 0.450. The lowest BCUT2D eigenvalue weighted by Crippen LogP contribution is -2.50. The van der Waals surface area contributed by atoms with Gasteiger partial charge in [-0.25, -0.2) is 4.79 Å². The number of carbonyl (C=O) groups excluding carboxylic acids is 2. The number of aliphatic carboxylic acids is 1. The Morgan fingerprint density at radius 3 is 2.68 bits per heavy atom. The molecule has 1 aromatic heterocycles. The Hall–Kier alpha value is -2.48. The summed E-state index contributed by atoms with van der Waals surface area (Å²) in [4.78, 5) is 35.5. The molecule has 0 radical (unpaired) electrons. The normalized spacial score (nSPS) is 14.4. The topological polar surface area (TPSA) is 109 Å². The SMILES string of the molecule is CSC[C@H](NC(=O)COc1cc(C)cc2oc(=O)c3c(c12)CCCC3)C(=O)[O-]. The Kier molecular flexibility index (Phi) is 6.28. The minimum Gasteiger partial charge on any atom is -0.548 e. The smallest absolute Gasteiger partial charge is 0.339 e. The minimum absolute atomic E-state index is 0.208. The second-order valence-corrected chi connectivity index (χ2v) is 7.78. The van der Waals surface area contributed by atoms with E-state index < -0.39 is 17.9 Å². The molecular weight excluding hydrogens is 382 g/mol. The van der Waals surface area contributed by atoms with Crippen LogP contribution in [0.15, 0.2) is 21.3 Å². The van der Waals surface area contributed by atoms with Gasteiger partial charge in [0.25, 0.3) is 5.91 Å². The first-order valence-electron chi connectivity index (χ1n) is 9.12. The van der Waals surface area contributed by atoms with Crippen molar-refractivity contribution in [1.82, 2.24) is 5.32 Å². The number of rotatable bonds is 7. The number of thioether (sulfide) groups is 1. The third-order valence-electron chi connectivity index (χ3n) is 4.74. The molecule has 0 unspecified atom stereocenters. The maximum atomic E-state index is 12.3. The highest BCUT2D eigenvalue weighted by Crippen LogP contribution is 2.34. The van der Waals surface area contributed by atoms with Crippen LogP contribution in [0.2, 0.25) is 0 Å². The second-order valence-electron chi connectivity index (χ2n) is 6.87. The van der Waals surface area contributed by atoms with Crippen LogP contribution < -0.4 is 20.8 Å². The summed E-state index contributed by atoms with van der Waals surface area (Å²) in [5, 5.41) is 14.2. The van der Waals surface area contributed by atoms with Crippen LogP contribution in [0.4, 0.5) is 0 Å². The van der Waals surface area contributed by atoms with Crippen molar-refractivity contribution in [3.63, 3.8) is 0 Å². The largest absolute Gasteiger partial charge is 0.548 e. The number of amides is 1. The lowest BCUT2D eigenvalue weighted by Gasteiger charge is -2.20. The Morgan fingerprint density at radius 1 is 1.29 bits per heavy atom. The predicted molar refractivity (Wildman–Crippen MR) is 105 cm³/mol. The lowest BCUT2D eigenvalue weighted by atomic mass is 9.90. The molecule has 1 aliphatic carbocycles. The summed E-state index contributed by atoms with van der Waals surface area (Å²) < 4.78 is 11.2. The van der Waals surface area contributed by atoms with E-state index in [1.807, 2.05) is 6.92 Å². The van der Waals surface area contributed by atoms with Gasteiger partial charge in [0.15, 0.2) is 6.61 Å². The minimum atomic E-state index is -1.33. The number of carboxylic acids is 1. The Labute approximate surface area is 166 Å². The third kappa shape index (κ3) is 4.32. The molecule has 0 bridgehead atoms. The van der Waals surface area contributed by atoms with E-state index in [1.165, 1.54) is 11.8 Å². The van der Waals surface area contributed by atoms with Gasteiger partial charge in [0.05, 0.1) is 17.4 Å². The number of nitrogens with one attached hydrogen (secondary N) is 1. The van der Waals surface area contributed by atoms with Crippen molar-refractivity contribution in [3.8, 4) is 5.75 Å². The molecule has 28 heavy (non-hydrogen) atoms. The predicted octanol–water partition coefficient (Wildman–Crippen LogP) is 0.957. The fourth-order valence-corrected chi connectivity index (χ4v) is 4.05. The van der Waals surface area contributed by atoms with E-state index in [4.69, 9.17) is 9.15 Å². The van der Waals surface area contributed by atoms with Crippen molar-refractivity contribution in [1.29, 1.82) is 0 Å². The fourth-order valence-electron chi connectivity index (χ4n) is 3.50. The molecule has 150 valence electrons. The van der Waals surface area contributed by atoms with Gasteiger partial charge in [-0.15, -0.1) is 0 Å². The maximum absolute atomic E-state index is 12.3. The maximum Gasteiger partial charge on any atom is 0.339 e. The zero-order chi connectivity index (χ0) is 20.3. The van der Waals surface area contributed by atoms with Crippen molar-refractivity contribution in [2.75, 3.05) is 18.6 Å². The van der Waals surface area contributed by atoms with Crippen molar-refractivity contribution >= 4 is 34.6 Å². The summed E-state index contributed by atoms with van der Waals surface area (Å²) in [6.07, 6.45) is 5.08. The molecule has 1 amide bonds. The Morgan fingerprint density at radius 2 is 2.00 bits per heavy atom. The monoisotopic (exact) mass is 404 g/mol. The highest BCUT2D eigenvalue weighted by molar-refractivity contribution is 7.98. The zero-order valence-electron chi connectivity index (χ0n) is 15.8. The molecule has 7 nitrogen and oxygen atoms in total. The second kappa shape index (κ2) is 8.68. The average Bonchev–Trinajstić information content (AvgIpc) is 2.65. The molecule has 1 N–H and O–H groups in total. The number of aryl methyl sites for hydroxylation is 2. The highest BCUT2D eigenvalue weighted by Gasteiger charge is 2.22. The van der Waals surface area contributed by atoms with Crippen molar-refractivity contribution < 1.29 is 23.8 Å². The summed E-state index contributed by atoms with van der Waals surface area (Å²) in [6.45, 7) is 1.50. The Bertz CT molecular complexity index is 967. The van der Waals surface area contributed by atoms with Gasteiger partial charge in [-0.2, -0.15) is 11.8 Å². The first-order valence-corrected chi connectivity index (χ1v) is 10.5. The number of carbonyl (C=O) groups is 2. The van der Waals surface area contributed by atoms with Crippen LogP contribution >= 0.6 is 11.8 Å². The molecule has 0 fully saturated rings. The standard InChI is InChI=1S/C20H23NO6S/c1-11-7-15(26-9-17(22)21-14(10-28-2)19(23)24)18-12-5-3-4-6-13(12)20(25)27-16(18)8-11/h7-8,14H,3-6,9-10H2,1-2H3,(H,21,22)(H,23,24)/p-1/t14-/m0/s1. The van der Waals surface area contributed by atoms with E-state index in [1.54, 1.807) is 18.4 Å². The van der Waals surface area contributed by atoms with Gasteiger partial charge in [-0.05, 0) is 62.1 Å². The van der Waals surface area contributed by atoms with Crippen LogP contribution in [0.5, 0.6) is 5.75 Å². The number of benzene rings is 1. The Balaban J connectivity index is 1.88. The summed E-state index contributed by atoms with van der Waals surface area (Å²) in [7, 11) is 0. The molecule has 1 aliphatic rings. The summed E-state index contributed by atoms with van der Waals surface area (Å²) in [6, 6.07) is 2.50. The van der Waals surface area contributed by atoms with Gasteiger partial charge in [-0.3, -0.25) is 4.79 Å². The van der Waals surface area contributed by atoms with Crippen LogP contribution in [0.25, 0.3) is 11.0 Å². The number of fused-ring (bicyclic) bond motifs is 3. The van der Waals surface area contributed by atoms with Crippen molar-refractivity contribution in [2.24, 2.45) is 0 Å². The third-order valence-corrected chi connectivity index (χ3v) is 5.41.